The average molecular weight is 610 g/mol. The topological polar surface area (TPSA) is 53.2 Å². The predicted molar refractivity (Wildman–Crippen MR) is 176 cm³/mol. The Bertz CT molecular complexity index is 1180. The molecule has 0 radical (unpaired) electrons. The Hall–Kier alpha value is -1.40. The van der Waals surface area contributed by atoms with Crippen molar-refractivity contribution in [3.05, 3.63) is 23.2 Å². The van der Waals surface area contributed by atoms with Gasteiger partial charge in [0.2, 0.25) is 5.91 Å². The Labute approximate surface area is 267 Å². The Balaban J connectivity index is 1.18. The molecule has 8 bridgehead atoms. The molecule has 0 spiro atoms. The van der Waals surface area contributed by atoms with Crippen LogP contribution in [-0.2, 0) is 4.79 Å². The normalized spacial score (nSPS) is 45.3. The van der Waals surface area contributed by atoms with E-state index < -0.39 is 6.17 Å². The standard InChI is InChI=1S/C38H61FN4O/c1-6-37-18-29(39)20-40-31(19-38(37,7-2)23-37)33(24(4)5)36(44)42-32-21-41-34-28-11-9-10-26(17-28)27-13-12-25(16-27)22-43(8-3)15-14-30(34)35(32)43/h21,24-29,31,33,35,40-41H,6-20,22-23H2,1-5H3/p+1/t25?,26?,27?,28?,29?,31?,33?,35?,37-,38?,43?/m0/s1. The lowest BCUT2D eigenvalue weighted by molar-refractivity contribution is -0.933. The number of amides is 1. The second-order valence-electron chi connectivity index (χ2n) is 17.1. The summed E-state index contributed by atoms with van der Waals surface area (Å²) >= 11 is 0. The summed E-state index contributed by atoms with van der Waals surface area (Å²) in [4.78, 5) is 14.6. The van der Waals surface area contributed by atoms with Crippen molar-refractivity contribution in [1.82, 2.24) is 16.0 Å². The number of hydrogen-bond acceptors (Lipinski definition) is 3. The van der Waals surface area contributed by atoms with Crippen LogP contribution in [0.2, 0.25) is 0 Å². The van der Waals surface area contributed by atoms with E-state index in [-0.39, 0.29) is 40.7 Å². The van der Waals surface area contributed by atoms with Gasteiger partial charge in [-0.3, -0.25) is 4.79 Å². The van der Waals surface area contributed by atoms with E-state index in [9.17, 15) is 4.79 Å². The van der Waals surface area contributed by atoms with E-state index in [1.54, 1.807) is 5.57 Å². The van der Waals surface area contributed by atoms with Gasteiger partial charge in [-0.2, -0.15) is 0 Å². The van der Waals surface area contributed by atoms with Crippen LogP contribution in [0.4, 0.5) is 4.39 Å². The van der Waals surface area contributed by atoms with Crippen LogP contribution < -0.4 is 16.0 Å². The lowest BCUT2D eigenvalue weighted by Crippen LogP contribution is -2.59. The number of halogens is 1. The maximum atomic E-state index is 15.3. The molecule has 246 valence electrons. The molecule has 4 heterocycles. The molecule has 2 saturated heterocycles. The van der Waals surface area contributed by atoms with Gasteiger partial charge in [0.25, 0.3) is 0 Å². The summed E-state index contributed by atoms with van der Waals surface area (Å²) < 4.78 is 16.4. The number of alkyl halides is 1. The monoisotopic (exact) mass is 609 g/mol. The van der Waals surface area contributed by atoms with Gasteiger partial charge in [0.05, 0.1) is 31.2 Å². The van der Waals surface area contributed by atoms with Gasteiger partial charge in [0.15, 0.2) is 6.04 Å². The van der Waals surface area contributed by atoms with Gasteiger partial charge in [-0.1, -0.05) is 40.5 Å². The molecular weight excluding hydrogens is 547 g/mol. The van der Waals surface area contributed by atoms with Gasteiger partial charge >= 0.3 is 0 Å². The molecule has 3 N–H and O–H groups in total. The number of dihydropyridines is 1. The van der Waals surface area contributed by atoms with Crippen LogP contribution in [-0.4, -0.2) is 54.8 Å². The van der Waals surface area contributed by atoms with Crippen LogP contribution in [0.1, 0.15) is 118 Å². The molecular formula is C38H62FN4O+. The summed E-state index contributed by atoms with van der Waals surface area (Å²) in [6.45, 7) is 15.3. The van der Waals surface area contributed by atoms with Crippen LogP contribution >= 0.6 is 0 Å². The van der Waals surface area contributed by atoms with Gasteiger partial charge in [-0.25, -0.2) is 4.39 Å². The molecule has 5 fully saturated rings. The number of allylic oxidation sites excluding steroid dienone is 1. The van der Waals surface area contributed by atoms with Crippen molar-refractivity contribution in [3.63, 3.8) is 0 Å². The number of quaternary nitrogens is 1. The number of nitrogens with zero attached hydrogens (tertiary/aromatic N) is 1. The third-order valence-electron chi connectivity index (χ3n) is 14.9. The maximum Gasteiger partial charge on any atom is 0.229 e. The molecule has 6 heteroatoms. The highest BCUT2D eigenvalue weighted by Crippen LogP contribution is 2.73. The minimum absolute atomic E-state index is 0.00218. The Kier molecular flexibility index (Phi) is 8.29. The third kappa shape index (κ3) is 5.02. The molecule has 10 unspecified atom stereocenters. The van der Waals surface area contributed by atoms with E-state index in [2.05, 4.69) is 56.8 Å². The number of carbonyl (C=O) groups is 1. The quantitative estimate of drug-likeness (QED) is 0.268. The maximum absolute atomic E-state index is 15.3. The van der Waals surface area contributed by atoms with Crippen LogP contribution in [0.25, 0.3) is 0 Å². The molecule has 3 saturated carbocycles. The van der Waals surface area contributed by atoms with Crippen molar-refractivity contribution in [2.75, 3.05) is 26.2 Å². The highest BCUT2D eigenvalue weighted by molar-refractivity contribution is 5.82. The second kappa shape index (κ2) is 11.7. The minimum Gasteiger partial charge on any atom is -0.363 e. The molecule has 7 rings (SSSR count). The molecule has 5 nitrogen and oxygen atoms in total. The molecule has 0 aromatic carbocycles. The Morgan fingerprint density at radius 2 is 1.84 bits per heavy atom. The lowest BCUT2D eigenvalue weighted by atomic mass is 9.72. The first-order chi connectivity index (χ1) is 21.2. The van der Waals surface area contributed by atoms with Crippen molar-refractivity contribution in [2.45, 2.75) is 136 Å². The van der Waals surface area contributed by atoms with E-state index >= 15 is 4.39 Å². The molecule has 4 aliphatic heterocycles. The lowest BCUT2D eigenvalue weighted by Gasteiger charge is -2.44. The second-order valence-corrected chi connectivity index (χ2v) is 17.1. The highest BCUT2D eigenvalue weighted by Gasteiger charge is 2.66. The first kappa shape index (κ1) is 31.2. The molecule has 0 aromatic rings. The van der Waals surface area contributed by atoms with Crippen molar-refractivity contribution >= 4 is 5.91 Å². The Morgan fingerprint density at radius 3 is 2.59 bits per heavy atom. The van der Waals surface area contributed by atoms with Gasteiger partial charge in [0, 0.05) is 42.4 Å². The fourth-order valence-corrected chi connectivity index (χ4v) is 12.5. The summed E-state index contributed by atoms with van der Waals surface area (Å²) in [7, 11) is 0. The molecule has 44 heavy (non-hydrogen) atoms. The number of fused-ring (bicyclic) bond motifs is 7. The number of likely N-dealkylation sites (N-methyl/N-ethyl adjacent to an activating group) is 1. The van der Waals surface area contributed by atoms with E-state index in [4.69, 9.17) is 0 Å². The summed E-state index contributed by atoms with van der Waals surface area (Å²) in [5.74, 6) is 3.41. The first-order valence-electron chi connectivity index (χ1n) is 18.9. The molecule has 0 aromatic heterocycles. The van der Waals surface area contributed by atoms with E-state index in [1.807, 2.05) is 0 Å². The van der Waals surface area contributed by atoms with Gasteiger partial charge in [-0.15, -0.1) is 0 Å². The zero-order chi connectivity index (χ0) is 30.9. The number of hydrogen-bond donors (Lipinski definition) is 3. The van der Waals surface area contributed by atoms with E-state index in [1.165, 1.54) is 63.7 Å². The first-order valence-corrected chi connectivity index (χ1v) is 18.9. The van der Waals surface area contributed by atoms with Crippen molar-refractivity contribution in [1.29, 1.82) is 0 Å². The van der Waals surface area contributed by atoms with Crippen molar-refractivity contribution in [3.8, 4) is 0 Å². The summed E-state index contributed by atoms with van der Waals surface area (Å²) in [5, 5.41) is 11.1. The van der Waals surface area contributed by atoms with Gasteiger partial charge < -0.3 is 20.4 Å². The van der Waals surface area contributed by atoms with E-state index in [0.29, 0.717) is 18.9 Å². The smallest absolute Gasteiger partial charge is 0.229 e. The molecule has 7 aliphatic rings. The Morgan fingerprint density at radius 1 is 1.07 bits per heavy atom. The largest absolute Gasteiger partial charge is 0.363 e. The average Bonchev–Trinajstić information content (AvgIpc) is 3.29. The summed E-state index contributed by atoms with van der Waals surface area (Å²) in [5.41, 5.74) is 4.52. The number of nitrogens with one attached hydrogen (secondary N) is 3. The summed E-state index contributed by atoms with van der Waals surface area (Å²) in [6, 6.07) is 0.270. The van der Waals surface area contributed by atoms with Crippen LogP contribution in [0.3, 0.4) is 0 Å². The van der Waals surface area contributed by atoms with Gasteiger partial charge in [-0.05, 0) is 106 Å². The molecule has 11 atom stereocenters. The van der Waals surface area contributed by atoms with Crippen LogP contribution in [0.15, 0.2) is 23.2 Å². The fraction of sp³-hybridized carbons (Fsp3) is 0.868. The third-order valence-corrected chi connectivity index (χ3v) is 14.9. The SMILES string of the molecule is CCC12CC(C(C(=O)NC3=CNC4=C5CC[N+](CC)(CC6CCC(C6)C6CCCC4C6)C35)C(C)C)NCC(F)C[C@@]1(CC)C2. The number of carbonyl (C=O) groups excluding carboxylic acids is 1. The molecule has 3 aliphatic carbocycles. The van der Waals surface area contributed by atoms with E-state index in [0.717, 1.165) is 66.6 Å². The van der Waals surface area contributed by atoms with Crippen LogP contribution in [0, 0.1) is 46.3 Å². The van der Waals surface area contributed by atoms with Crippen LogP contribution in [0.5, 0.6) is 0 Å². The fourth-order valence-electron chi connectivity index (χ4n) is 12.5. The number of rotatable bonds is 7. The zero-order valence-corrected chi connectivity index (χ0v) is 28.5. The van der Waals surface area contributed by atoms with Gasteiger partial charge in [0.1, 0.15) is 6.17 Å². The highest BCUT2D eigenvalue weighted by atomic mass is 19.1. The zero-order valence-electron chi connectivity index (χ0n) is 28.5. The molecule has 1 amide bonds. The predicted octanol–water partition coefficient (Wildman–Crippen LogP) is 7.21. The minimum atomic E-state index is -0.836. The summed E-state index contributed by atoms with van der Waals surface area (Å²) in [6.07, 6.45) is 17.1. The van der Waals surface area contributed by atoms with Crippen molar-refractivity contribution in [2.24, 2.45) is 46.3 Å². The van der Waals surface area contributed by atoms with Crippen molar-refractivity contribution < 1.29 is 13.7 Å².